The molecule has 0 fully saturated rings. The van der Waals surface area contributed by atoms with Crippen LogP contribution in [0.15, 0.2) is 23.2 Å². The first-order valence-electron chi connectivity index (χ1n) is 3.77. The van der Waals surface area contributed by atoms with Crippen molar-refractivity contribution >= 4 is 11.8 Å². The molecule has 0 atom stereocenters. The van der Waals surface area contributed by atoms with E-state index in [1.807, 2.05) is 18.2 Å². The predicted molar refractivity (Wildman–Crippen MR) is 45.6 cm³/mol. The number of fused-ring (bicyclic) bond motifs is 1. The molecule has 1 heterocycles. The van der Waals surface area contributed by atoms with Crippen LogP contribution < -0.4 is 16.3 Å². The zero-order valence-corrected chi connectivity index (χ0v) is 6.25. The zero-order valence-electron chi connectivity index (χ0n) is 6.25. The lowest BCUT2D eigenvalue weighted by Crippen LogP contribution is -2.30. The molecule has 0 amide bonds. The highest BCUT2D eigenvalue weighted by molar-refractivity contribution is 5.41. The van der Waals surface area contributed by atoms with Gasteiger partial charge in [0.15, 0.2) is 0 Å². The summed E-state index contributed by atoms with van der Waals surface area (Å²) in [5.74, 6) is 0. The fourth-order valence-corrected chi connectivity index (χ4v) is 1.32. The Morgan fingerprint density at radius 3 is 3.09 bits per heavy atom. The standard InChI is InChI=1S/C9H10N2/c10-8-5-1-3-7-4-2-6-11-9(7)8/h1,3-5H,2,6,10H2. The van der Waals surface area contributed by atoms with Gasteiger partial charge >= 0.3 is 0 Å². The average molecular weight is 146 g/mol. The summed E-state index contributed by atoms with van der Waals surface area (Å²) in [6.45, 7) is 0.876. The second kappa shape index (κ2) is 2.38. The first-order chi connectivity index (χ1) is 5.38. The predicted octanol–water partition coefficient (Wildman–Crippen LogP) is 0.0726. The summed E-state index contributed by atoms with van der Waals surface area (Å²) >= 11 is 0. The van der Waals surface area contributed by atoms with Gasteiger partial charge in [-0.2, -0.15) is 0 Å². The van der Waals surface area contributed by atoms with Crippen molar-refractivity contribution < 1.29 is 0 Å². The van der Waals surface area contributed by atoms with Crippen molar-refractivity contribution in [3.05, 3.63) is 28.8 Å². The maximum Gasteiger partial charge on any atom is 0.0872 e. The molecule has 0 unspecified atom stereocenters. The Kier molecular flexibility index (Phi) is 1.39. The summed E-state index contributed by atoms with van der Waals surface area (Å²) < 4.78 is 0. The van der Waals surface area contributed by atoms with Crippen molar-refractivity contribution in [2.24, 2.45) is 4.99 Å². The molecule has 0 radical (unpaired) electrons. The maximum atomic E-state index is 5.73. The van der Waals surface area contributed by atoms with Gasteiger partial charge in [-0.1, -0.05) is 18.2 Å². The van der Waals surface area contributed by atoms with E-state index in [4.69, 9.17) is 5.73 Å². The van der Waals surface area contributed by atoms with Crippen LogP contribution in [0.25, 0.3) is 6.08 Å². The fourth-order valence-electron chi connectivity index (χ4n) is 1.32. The molecule has 1 aromatic carbocycles. The van der Waals surface area contributed by atoms with Gasteiger partial charge in [0, 0.05) is 6.54 Å². The van der Waals surface area contributed by atoms with Crippen LogP contribution >= 0.6 is 0 Å². The lowest BCUT2D eigenvalue weighted by Gasteiger charge is -2.00. The molecule has 0 spiro atoms. The van der Waals surface area contributed by atoms with Crippen molar-refractivity contribution in [1.29, 1.82) is 0 Å². The number of benzene rings is 1. The molecule has 1 aliphatic heterocycles. The molecule has 0 saturated carbocycles. The topological polar surface area (TPSA) is 38.4 Å². The molecule has 2 heteroatoms. The van der Waals surface area contributed by atoms with Crippen LogP contribution in [0.1, 0.15) is 6.42 Å². The Labute approximate surface area is 65.1 Å². The van der Waals surface area contributed by atoms with E-state index in [1.165, 1.54) is 5.22 Å². The van der Waals surface area contributed by atoms with E-state index in [1.54, 1.807) is 0 Å². The summed E-state index contributed by atoms with van der Waals surface area (Å²) in [6.07, 6.45) is 3.22. The van der Waals surface area contributed by atoms with E-state index in [-0.39, 0.29) is 0 Å². The van der Waals surface area contributed by atoms with E-state index in [0.29, 0.717) is 0 Å². The molecule has 1 aromatic rings. The van der Waals surface area contributed by atoms with E-state index in [2.05, 4.69) is 11.1 Å². The minimum Gasteiger partial charge on any atom is -0.397 e. The van der Waals surface area contributed by atoms with Gasteiger partial charge in [0.2, 0.25) is 0 Å². The second-order valence-corrected chi connectivity index (χ2v) is 2.66. The van der Waals surface area contributed by atoms with Gasteiger partial charge in [0.25, 0.3) is 0 Å². The molecule has 0 aliphatic carbocycles. The van der Waals surface area contributed by atoms with Crippen LogP contribution in [0.3, 0.4) is 0 Å². The van der Waals surface area contributed by atoms with Gasteiger partial charge in [0.1, 0.15) is 0 Å². The zero-order chi connectivity index (χ0) is 7.68. The van der Waals surface area contributed by atoms with Crippen molar-refractivity contribution in [2.75, 3.05) is 12.3 Å². The van der Waals surface area contributed by atoms with Crippen LogP contribution in [0.2, 0.25) is 0 Å². The van der Waals surface area contributed by atoms with Gasteiger partial charge < -0.3 is 5.73 Å². The molecule has 11 heavy (non-hydrogen) atoms. The molecule has 2 N–H and O–H groups in total. The molecule has 0 saturated heterocycles. The highest BCUT2D eigenvalue weighted by Crippen LogP contribution is 1.92. The third-order valence-corrected chi connectivity index (χ3v) is 1.86. The number of nitrogen functional groups attached to an aromatic ring is 1. The number of rotatable bonds is 0. The monoisotopic (exact) mass is 146 g/mol. The first-order valence-corrected chi connectivity index (χ1v) is 3.77. The number of hydrogen-bond donors (Lipinski definition) is 1. The lowest BCUT2D eigenvalue weighted by atomic mass is 10.2. The van der Waals surface area contributed by atoms with Crippen molar-refractivity contribution in [3.63, 3.8) is 0 Å². The molecule has 56 valence electrons. The normalized spacial score (nSPS) is 14.5. The molecule has 0 bridgehead atoms. The summed E-state index contributed by atoms with van der Waals surface area (Å²) in [5.41, 5.74) is 6.52. The summed E-state index contributed by atoms with van der Waals surface area (Å²) in [6, 6.07) is 5.90. The number of nitrogens with zero attached hydrogens (tertiary/aromatic N) is 1. The number of anilines is 1. The van der Waals surface area contributed by atoms with E-state index >= 15 is 0 Å². The Hall–Kier alpha value is -1.31. The SMILES string of the molecule is Nc1cccc2c1=NCCC=2. The van der Waals surface area contributed by atoms with Gasteiger partial charge in [-0.15, -0.1) is 0 Å². The number of para-hydroxylation sites is 1. The summed E-state index contributed by atoms with van der Waals surface area (Å²) in [4.78, 5) is 4.34. The van der Waals surface area contributed by atoms with Crippen LogP contribution in [-0.4, -0.2) is 6.54 Å². The third kappa shape index (κ3) is 1.00. The van der Waals surface area contributed by atoms with Gasteiger partial charge in [-0.05, 0) is 17.7 Å². The quantitative estimate of drug-likeness (QED) is 0.517. The Balaban J connectivity index is 2.88. The molecule has 2 rings (SSSR count). The van der Waals surface area contributed by atoms with Crippen LogP contribution in [-0.2, 0) is 0 Å². The van der Waals surface area contributed by atoms with E-state index < -0.39 is 0 Å². The Morgan fingerprint density at radius 1 is 1.36 bits per heavy atom. The average Bonchev–Trinajstić information content (AvgIpc) is 2.06. The molecule has 0 aromatic heterocycles. The molecular weight excluding hydrogens is 136 g/mol. The lowest BCUT2D eigenvalue weighted by molar-refractivity contribution is 0.962. The Bertz CT molecular complexity index is 379. The highest BCUT2D eigenvalue weighted by atomic mass is 14.7. The second-order valence-electron chi connectivity index (χ2n) is 2.66. The third-order valence-electron chi connectivity index (χ3n) is 1.86. The van der Waals surface area contributed by atoms with Crippen molar-refractivity contribution in [1.82, 2.24) is 0 Å². The minimum absolute atomic E-state index is 0.790. The largest absolute Gasteiger partial charge is 0.397 e. The van der Waals surface area contributed by atoms with Gasteiger partial charge in [-0.3, -0.25) is 4.99 Å². The number of nitrogens with two attached hydrogens (primary N) is 1. The molecule has 1 aliphatic rings. The maximum absolute atomic E-state index is 5.73. The van der Waals surface area contributed by atoms with Gasteiger partial charge in [0.05, 0.1) is 11.0 Å². The van der Waals surface area contributed by atoms with Gasteiger partial charge in [-0.25, -0.2) is 0 Å². The van der Waals surface area contributed by atoms with Crippen molar-refractivity contribution in [3.8, 4) is 0 Å². The van der Waals surface area contributed by atoms with Crippen LogP contribution in [0.5, 0.6) is 0 Å². The van der Waals surface area contributed by atoms with Crippen LogP contribution in [0, 0.1) is 0 Å². The fraction of sp³-hybridized carbons (Fsp3) is 0.222. The van der Waals surface area contributed by atoms with E-state index in [0.717, 1.165) is 24.0 Å². The first kappa shape index (κ1) is 6.40. The smallest absolute Gasteiger partial charge is 0.0872 e. The van der Waals surface area contributed by atoms with Crippen molar-refractivity contribution in [2.45, 2.75) is 6.42 Å². The number of hydrogen-bond acceptors (Lipinski definition) is 2. The highest BCUT2D eigenvalue weighted by Gasteiger charge is 1.95. The summed E-state index contributed by atoms with van der Waals surface area (Å²) in [5, 5.41) is 2.15. The summed E-state index contributed by atoms with van der Waals surface area (Å²) in [7, 11) is 0. The van der Waals surface area contributed by atoms with Crippen LogP contribution in [0.4, 0.5) is 5.69 Å². The van der Waals surface area contributed by atoms with E-state index in [9.17, 15) is 0 Å². The minimum atomic E-state index is 0.790. The molecular formula is C9H10N2. The Morgan fingerprint density at radius 2 is 2.27 bits per heavy atom. The molecule has 2 nitrogen and oxygen atoms in total.